The van der Waals surface area contributed by atoms with Crippen molar-refractivity contribution >= 4 is 0 Å². The van der Waals surface area contributed by atoms with Gasteiger partial charge in [-0.1, -0.05) is 42.5 Å². The summed E-state index contributed by atoms with van der Waals surface area (Å²) in [6.45, 7) is 3.24. The SMILES string of the molecule is c1ccc(-n2cc3c(n2)-c2ccccc2CN(CC2CC2)C3)cc1. The largest absolute Gasteiger partial charge is 0.294 e. The summed E-state index contributed by atoms with van der Waals surface area (Å²) in [5.74, 6) is 0.905. The van der Waals surface area contributed by atoms with Crippen LogP contribution in [0.5, 0.6) is 0 Å². The van der Waals surface area contributed by atoms with Gasteiger partial charge in [0.15, 0.2) is 0 Å². The van der Waals surface area contributed by atoms with E-state index in [4.69, 9.17) is 5.10 Å². The zero-order valence-electron chi connectivity index (χ0n) is 13.7. The number of hydrogen-bond acceptors (Lipinski definition) is 2. The van der Waals surface area contributed by atoms with Crippen molar-refractivity contribution in [3.63, 3.8) is 0 Å². The van der Waals surface area contributed by atoms with Crippen molar-refractivity contribution in [3.8, 4) is 16.9 Å². The van der Waals surface area contributed by atoms with E-state index in [9.17, 15) is 0 Å². The highest BCUT2D eigenvalue weighted by molar-refractivity contribution is 5.68. The molecule has 2 aromatic carbocycles. The van der Waals surface area contributed by atoms with Gasteiger partial charge in [0, 0.05) is 37.0 Å². The molecule has 0 radical (unpaired) electrons. The number of benzene rings is 2. The van der Waals surface area contributed by atoms with Crippen LogP contribution in [0.1, 0.15) is 24.0 Å². The molecule has 24 heavy (non-hydrogen) atoms. The first-order valence-electron chi connectivity index (χ1n) is 8.81. The Kier molecular flexibility index (Phi) is 3.27. The predicted octanol–water partition coefficient (Wildman–Crippen LogP) is 4.26. The fraction of sp³-hybridized carbons (Fsp3) is 0.286. The van der Waals surface area contributed by atoms with Gasteiger partial charge >= 0.3 is 0 Å². The van der Waals surface area contributed by atoms with Crippen molar-refractivity contribution in [1.29, 1.82) is 0 Å². The van der Waals surface area contributed by atoms with E-state index >= 15 is 0 Å². The van der Waals surface area contributed by atoms with E-state index in [1.807, 2.05) is 10.7 Å². The lowest BCUT2D eigenvalue weighted by Crippen LogP contribution is -2.24. The van der Waals surface area contributed by atoms with Crippen LogP contribution in [0.25, 0.3) is 16.9 Å². The van der Waals surface area contributed by atoms with Gasteiger partial charge in [0.2, 0.25) is 0 Å². The van der Waals surface area contributed by atoms with Crippen molar-refractivity contribution in [3.05, 3.63) is 71.9 Å². The maximum absolute atomic E-state index is 4.94. The Labute approximate surface area is 142 Å². The smallest absolute Gasteiger partial charge is 0.0975 e. The summed E-state index contributed by atoms with van der Waals surface area (Å²) in [7, 11) is 0. The molecule has 3 heteroatoms. The summed E-state index contributed by atoms with van der Waals surface area (Å²) in [6.07, 6.45) is 5.01. The lowest BCUT2D eigenvalue weighted by atomic mass is 10.0. The molecule has 1 aliphatic carbocycles. The van der Waals surface area contributed by atoms with Gasteiger partial charge in [-0.25, -0.2) is 4.68 Å². The molecule has 3 nitrogen and oxygen atoms in total. The van der Waals surface area contributed by atoms with Crippen LogP contribution in [0.15, 0.2) is 60.8 Å². The van der Waals surface area contributed by atoms with Gasteiger partial charge in [0.1, 0.15) is 0 Å². The first-order valence-corrected chi connectivity index (χ1v) is 8.81. The number of rotatable bonds is 3. The molecule has 120 valence electrons. The average Bonchev–Trinajstić information content (AvgIpc) is 3.36. The van der Waals surface area contributed by atoms with Gasteiger partial charge in [0.25, 0.3) is 0 Å². The molecule has 5 rings (SSSR count). The van der Waals surface area contributed by atoms with Crippen LogP contribution in [0.3, 0.4) is 0 Å². The lowest BCUT2D eigenvalue weighted by Gasteiger charge is -2.20. The van der Waals surface area contributed by atoms with Gasteiger partial charge < -0.3 is 0 Å². The van der Waals surface area contributed by atoms with E-state index in [1.165, 1.54) is 36.1 Å². The van der Waals surface area contributed by atoms with Gasteiger partial charge in [-0.15, -0.1) is 0 Å². The number of nitrogens with zero attached hydrogens (tertiary/aromatic N) is 3. The summed E-state index contributed by atoms with van der Waals surface area (Å²) in [6, 6.07) is 19.1. The highest BCUT2D eigenvalue weighted by Gasteiger charge is 2.28. The molecule has 2 heterocycles. The van der Waals surface area contributed by atoms with E-state index in [2.05, 4.69) is 59.6 Å². The maximum Gasteiger partial charge on any atom is 0.0975 e. The van der Waals surface area contributed by atoms with Crippen molar-refractivity contribution in [1.82, 2.24) is 14.7 Å². The zero-order chi connectivity index (χ0) is 15.9. The standard InChI is InChI=1S/C21H21N3/c1-2-7-19(8-3-1)24-15-18-14-23(12-16-10-11-16)13-17-6-4-5-9-20(17)21(18)22-24/h1-9,15-16H,10-14H2. The molecule has 0 N–H and O–H groups in total. The Morgan fingerprint density at radius 2 is 1.62 bits per heavy atom. The monoisotopic (exact) mass is 315 g/mol. The zero-order valence-corrected chi connectivity index (χ0v) is 13.7. The third-order valence-corrected chi connectivity index (χ3v) is 5.08. The molecule has 2 aliphatic rings. The van der Waals surface area contributed by atoms with Crippen LogP contribution in [0, 0.1) is 5.92 Å². The minimum Gasteiger partial charge on any atom is -0.294 e. The molecular weight excluding hydrogens is 294 g/mol. The highest BCUT2D eigenvalue weighted by Crippen LogP contribution is 2.35. The maximum atomic E-state index is 4.94. The second-order valence-electron chi connectivity index (χ2n) is 7.05. The van der Waals surface area contributed by atoms with Crippen LogP contribution in [0.4, 0.5) is 0 Å². The summed E-state index contributed by atoms with van der Waals surface area (Å²) in [5.41, 5.74) is 6.30. The van der Waals surface area contributed by atoms with Gasteiger partial charge in [-0.3, -0.25) is 4.90 Å². The average molecular weight is 315 g/mol. The van der Waals surface area contributed by atoms with E-state index in [-0.39, 0.29) is 0 Å². The molecule has 0 amide bonds. The predicted molar refractivity (Wildman–Crippen MR) is 95.8 cm³/mol. The third-order valence-electron chi connectivity index (χ3n) is 5.08. The van der Waals surface area contributed by atoms with Gasteiger partial charge in [0.05, 0.1) is 11.4 Å². The molecule has 1 aliphatic heterocycles. The molecule has 0 saturated heterocycles. The summed E-state index contributed by atoms with van der Waals surface area (Å²) in [4.78, 5) is 2.60. The first kappa shape index (κ1) is 14.0. The Morgan fingerprint density at radius 3 is 2.46 bits per heavy atom. The van der Waals surface area contributed by atoms with Crippen molar-refractivity contribution in [2.75, 3.05) is 6.54 Å². The Bertz CT molecular complexity index is 862. The molecule has 0 bridgehead atoms. The van der Waals surface area contributed by atoms with Gasteiger partial charge in [-0.2, -0.15) is 5.10 Å². The summed E-state index contributed by atoms with van der Waals surface area (Å²) < 4.78 is 2.03. The molecule has 1 fully saturated rings. The van der Waals surface area contributed by atoms with Gasteiger partial charge in [-0.05, 0) is 36.5 Å². The van der Waals surface area contributed by atoms with E-state index in [0.29, 0.717) is 0 Å². The molecule has 0 unspecified atom stereocenters. The van der Waals surface area contributed by atoms with Crippen molar-refractivity contribution in [2.45, 2.75) is 25.9 Å². The minimum atomic E-state index is 0.905. The second-order valence-corrected chi connectivity index (χ2v) is 7.05. The van der Waals surface area contributed by atoms with E-state index in [1.54, 1.807) is 0 Å². The highest BCUT2D eigenvalue weighted by atomic mass is 15.3. The van der Waals surface area contributed by atoms with Crippen molar-refractivity contribution < 1.29 is 0 Å². The molecule has 1 aromatic heterocycles. The first-order chi connectivity index (χ1) is 11.9. The quantitative estimate of drug-likeness (QED) is 0.720. The second kappa shape index (κ2) is 5.60. The minimum absolute atomic E-state index is 0.905. The molecule has 1 saturated carbocycles. The number of hydrogen-bond donors (Lipinski definition) is 0. The Balaban J connectivity index is 1.60. The summed E-state index contributed by atoms with van der Waals surface area (Å²) in [5, 5.41) is 4.94. The molecule has 0 atom stereocenters. The van der Waals surface area contributed by atoms with Crippen LogP contribution >= 0.6 is 0 Å². The Hall–Kier alpha value is -2.39. The molecule has 3 aromatic rings. The van der Waals surface area contributed by atoms with Crippen molar-refractivity contribution in [2.24, 2.45) is 5.92 Å². The van der Waals surface area contributed by atoms with E-state index < -0.39 is 0 Å². The number of aromatic nitrogens is 2. The normalized spacial score (nSPS) is 17.2. The topological polar surface area (TPSA) is 21.1 Å². The van der Waals surface area contributed by atoms with Crippen LogP contribution in [0.2, 0.25) is 0 Å². The number of para-hydroxylation sites is 1. The summed E-state index contributed by atoms with van der Waals surface area (Å²) >= 11 is 0. The molecule has 0 spiro atoms. The van der Waals surface area contributed by atoms with Crippen LogP contribution < -0.4 is 0 Å². The number of fused-ring (bicyclic) bond motifs is 3. The third kappa shape index (κ3) is 2.55. The lowest BCUT2D eigenvalue weighted by molar-refractivity contribution is 0.248. The fourth-order valence-corrected chi connectivity index (χ4v) is 3.69. The molecular formula is C21H21N3. The Morgan fingerprint density at radius 1 is 0.875 bits per heavy atom. The van der Waals surface area contributed by atoms with Crippen LogP contribution in [-0.4, -0.2) is 21.2 Å². The van der Waals surface area contributed by atoms with Crippen LogP contribution in [-0.2, 0) is 13.1 Å². The van der Waals surface area contributed by atoms with E-state index in [0.717, 1.165) is 30.4 Å². The fourth-order valence-electron chi connectivity index (χ4n) is 3.69.